The van der Waals surface area contributed by atoms with Crippen molar-refractivity contribution in [2.24, 2.45) is 0 Å². The number of piperidine rings is 1. The van der Waals surface area contributed by atoms with Crippen LogP contribution in [0.25, 0.3) is 0 Å². The van der Waals surface area contributed by atoms with Crippen molar-refractivity contribution in [3.63, 3.8) is 0 Å². The van der Waals surface area contributed by atoms with Gasteiger partial charge in [-0.2, -0.15) is 0 Å². The number of benzene rings is 1. The van der Waals surface area contributed by atoms with Crippen LogP contribution in [0, 0.1) is 0 Å². The fourth-order valence-electron chi connectivity index (χ4n) is 2.75. The van der Waals surface area contributed by atoms with Crippen LogP contribution in [-0.4, -0.2) is 49.1 Å². The van der Waals surface area contributed by atoms with E-state index in [0.717, 1.165) is 17.9 Å². The van der Waals surface area contributed by atoms with Gasteiger partial charge in [0.25, 0.3) is 11.8 Å². The Kier molecular flexibility index (Phi) is 3.63. The molecule has 3 rings (SSSR count). The third kappa shape index (κ3) is 2.51. The molecule has 6 heteroatoms. The van der Waals surface area contributed by atoms with Crippen molar-refractivity contribution in [1.29, 1.82) is 0 Å². The van der Waals surface area contributed by atoms with Gasteiger partial charge in [-0.25, -0.2) is 4.39 Å². The molecule has 1 aromatic rings. The average molecular weight is 284 g/mol. The van der Waals surface area contributed by atoms with Gasteiger partial charge in [0.2, 0.25) is 0 Å². The van der Waals surface area contributed by atoms with Gasteiger partial charge in [0.15, 0.2) is 7.98 Å². The van der Waals surface area contributed by atoms with Gasteiger partial charge < -0.3 is 4.81 Å². The zero-order valence-corrected chi connectivity index (χ0v) is 11.5. The second-order valence-corrected chi connectivity index (χ2v) is 5.32. The monoisotopic (exact) mass is 284 g/mol. The Morgan fingerprint density at radius 3 is 2.38 bits per heavy atom. The van der Waals surface area contributed by atoms with Crippen LogP contribution < -0.4 is 0 Å². The SMILES string of the molecule is [B]N1CCC/C(=C(/F)CN2C(=O)c3ccccc3C2=O)C1. The van der Waals surface area contributed by atoms with Gasteiger partial charge in [0.05, 0.1) is 17.7 Å². The van der Waals surface area contributed by atoms with E-state index in [1.165, 1.54) is 0 Å². The molecule has 21 heavy (non-hydrogen) atoms. The number of carbonyl (C=O) groups is 2. The zero-order chi connectivity index (χ0) is 15.0. The maximum Gasteiger partial charge on any atom is 0.261 e. The van der Waals surface area contributed by atoms with E-state index in [1.54, 1.807) is 29.1 Å². The number of amides is 2. The second-order valence-electron chi connectivity index (χ2n) is 5.32. The van der Waals surface area contributed by atoms with Crippen LogP contribution in [0.2, 0.25) is 0 Å². The molecular formula is C15H14BFN2O2. The van der Waals surface area contributed by atoms with Crippen molar-refractivity contribution in [3.05, 3.63) is 46.8 Å². The molecule has 4 nitrogen and oxygen atoms in total. The highest BCUT2D eigenvalue weighted by Gasteiger charge is 2.36. The summed E-state index contributed by atoms with van der Waals surface area (Å²) < 4.78 is 14.3. The van der Waals surface area contributed by atoms with E-state index >= 15 is 0 Å². The van der Waals surface area contributed by atoms with Gasteiger partial charge in [-0.15, -0.1) is 0 Å². The molecule has 1 fully saturated rings. The third-order valence-electron chi connectivity index (χ3n) is 3.88. The minimum atomic E-state index is -0.438. The van der Waals surface area contributed by atoms with E-state index in [-0.39, 0.29) is 6.54 Å². The molecule has 0 aliphatic carbocycles. The van der Waals surface area contributed by atoms with Crippen molar-refractivity contribution in [1.82, 2.24) is 9.71 Å². The van der Waals surface area contributed by atoms with Gasteiger partial charge in [-0.1, -0.05) is 12.1 Å². The number of hydrogen-bond donors (Lipinski definition) is 0. The number of fused-ring (bicyclic) bond motifs is 1. The molecular weight excluding hydrogens is 270 g/mol. The Morgan fingerprint density at radius 1 is 1.19 bits per heavy atom. The Morgan fingerprint density at radius 2 is 1.81 bits per heavy atom. The largest absolute Gasteiger partial charge is 0.350 e. The topological polar surface area (TPSA) is 40.6 Å². The van der Waals surface area contributed by atoms with E-state index < -0.39 is 17.6 Å². The lowest BCUT2D eigenvalue weighted by Crippen LogP contribution is -2.33. The minimum absolute atomic E-state index is 0.310. The predicted octanol–water partition coefficient (Wildman–Crippen LogP) is 1.69. The third-order valence-corrected chi connectivity index (χ3v) is 3.88. The van der Waals surface area contributed by atoms with Crippen LogP contribution in [0.1, 0.15) is 33.6 Å². The molecule has 2 aliphatic heterocycles. The lowest BCUT2D eigenvalue weighted by molar-refractivity contribution is 0.0659. The lowest BCUT2D eigenvalue weighted by Gasteiger charge is -2.26. The zero-order valence-electron chi connectivity index (χ0n) is 11.5. The molecule has 2 aliphatic rings. The van der Waals surface area contributed by atoms with Gasteiger partial charge >= 0.3 is 0 Å². The normalized spacial score (nSPS) is 21.7. The van der Waals surface area contributed by atoms with Crippen molar-refractivity contribution < 1.29 is 14.0 Å². The molecule has 1 aromatic carbocycles. The number of rotatable bonds is 2. The van der Waals surface area contributed by atoms with E-state index in [2.05, 4.69) is 0 Å². The summed E-state index contributed by atoms with van der Waals surface area (Å²) >= 11 is 0. The van der Waals surface area contributed by atoms with Crippen molar-refractivity contribution in [2.75, 3.05) is 19.6 Å². The first-order valence-corrected chi connectivity index (χ1v) is 6.89. The average Bonchev–Trinajstić information content (AvgIpc) is 2.73. The fraction of sp³-hybridized carbons (Fsp3) is 0.333. The van der Waals surface area contributed by atoms with Crippen LogP contribution in [0.4, 0.5) is 4.39 Å². The van der Waals surface area contributed by atoms with Crippen LogP contribution >= 0.6 is 0 Å². The number of carbonyl (C=O) groups excluding carboxylic acids is 2. The number of imide groups is 1. The predicted molar refractivity (Wildman–Crippen MR) is 76.5 cm³/mol. The first kappa shape index (κ1) is 14.0. The summed E-state index contributed by atoms with van der Waals surface area (Å²) in [6.45, 7) is 0.758. The number of hydrogen-bond acceptors (Lipinski definition) is 3. The summed E-state index contributed by atoms with van der Waals surface area (Å²) in [6, 6.07) is 6.55. The van der Waals surface area contributed by atoms with Crippen LogP contribution in [0.5, 0.6) is 0 Å². The maximum absolute atomic E-state index is 14.3. The van der Waals surface area contributed by atoms with Crippen molar-refractivity contribution in [3.8, 4) is 0 Å². The first-order chi connectivity index (χ1) is 10.1. The molecule has 0 unspecified atom stereocenters. The van der Waals surface area contributed by atoms with Crippen LogP contribution in [0.15, 0.2) is 35.7 Å². The van der Waals surface area contributed by atoms with E-state index in [1.807, 2.05) is 0 Å². The van der Waals surface area contributed by atoms with Gasteiger partial charge in [0.1, 0.15) is 5.83 Å². The van der Waals surface area contributed by atoms with Gasteiger partial charge in [-0.05, 0) is 37.1 Å². The van der Waals surface area contributed by atoms with E-state index in [4.69, 9.17) is 7.98 Å². The summed E-state index contributed by atoms with van der Waals surface area (Å²) in [5, 5.41) is 0. The molecule has 0 bridgehead atoms. The summed E-state index contributed by atoms with van der Waals surface area (Å²) in [5.74, 6) is -1.31. The molecule has 2 amide bonds. The quantitative estimate of drug-likeness (QED) is 0.613. The smallest absolute Gasteiger partial charge is 0.261 e. The Labute approximate surface area is 123 Å². The standard InChI is InChI=1S/C15H14BFN2O2/c16-18-7-3-4-10(8-18)13(17)9-19-14(20)11-5-1-2-6-12(11)15(19)21/h1-2,5-6H,3-4,7-9H2/b13-10-. The molecule has 2 radical (unpaired) electrons. The van der Waals surface area contributed by atoms with Gasteiger partial charge in [0, 0.05) is 6.54 Å². The fourth-order valence-corrected chi connectivity index (χ4v) is 2.75. The summed E-state index contributed by atoms with van der Waals surface area (Å²) in [7, 11) is 5.68. The molecule has 0 spiro atoms. The summed E-state index contributed by atoms with van der Waals surface area (Å²) in [4.78, 5) is 26.8. The number of nitrogens with zero attached hydrogens (tertiary/aromatic N) is 2. The Balaban J connectivity index is 1.82. The van der Waals surface area contributed by atoms with E-state index in [0.29, 0.717) is 29.7 Å². The van der Waals surface area contributed by atoms with Crippen LogP contribution in [-0.2, 0) is 0 Å². The maximum atomic E-state index is 14.3. The first-order valence-electron chi connectivity index (χ1n) is 6.89. The van der Waals surface area contributed by atoms with Crippen LogP contribution in [0.3, 0.4) is 0 Å². The number of halogens is 1. The lowest BCUT2D eigenvalue weighted by atomic mass is 10.0. The van der Waals surface area contributed by atoms with Crippen molar-refractivity contribution >= 4 is 19.8 Å². The molecule has 106 valence electrons. The summed E-state index contributed by atoms with van der Waals surface area (Å²) in [5.41, 5.74) is 1.24. The van der Waals surface area contributed by atoms with Gasteiger partial charge in [-0.3, -0.25) is 14.5 Å². The Bertz CT molecular complexity index is 609. The molecule has 0 saturated carbocycles. The highest BCUT2D eigenvalue weighted by atomic mass is 19.1. The molecule has 0 aromatic heterocycles. The molecule has 0 atom stereocenters. The highest BCUT2D eigenvalue weighted by Crippen LogP contribution is 2.25. The molecule has 2 heterocycles. The second kappa shape index (κ2) is 5.45. The minimum Gasteiger partial charge on any atom is -0.350 e. The molecule has 0 N–H and O–H groups in total. The van der Waals surface area contributed by atoms with Crippen molar-refractivity contribution in [2.45, 2.75) is 12.8 Å². The Hall–Kier alpha value is -1.95. The highest BCUT2D eigenvalue weighted by molar-refractivity contribution is 6.21. The molecule has 1 saturated heterocycles. The summed E-state index contributed by atoms with van der Waals surface area (Å²) in [6.07, 6.45) is 1.39. The van der Waals surface area contributed by atoms with E-state index in [9.17, 15) is 14.0 Å².